The van der Waals surface area contributed by atoms with Crippen LogP contribution in [0.5, 0.6) is 0 Å². The summed E-state index contributed by atoms with van der Waals surface area (Å²) in [6.07, 6.45) is 7.76. The average Bonchev–Trinajstić information content (AvgIpc) is 2.49. The van der Waals surface area contributed by atoms with Crippen molar-refractivity contribution in [3.63, 3.8) is 0 Å². The Balaban J connectivity index is 2.07. The second kappa shape index (κ2) is 7.38. The van der Waals surface area contributed by atoms with E-state index in [2.05, 4.69) is 20.8 Å². The molecule has 0 fully saturated rings. The minimum Gasteiger partial charge on any atom is -0.299 e. The highest BCUT2D eigenvalue weighted by molar-refractivity contribution is 6.17. The molecule has 2 N–H and O–H groups in total. The Morgan fingerprint density at radius 3 is 2.74 bits per heavy atom. The lowest BCUT2D eigenvalue weighted by molar-refractivity contribution is 1.02. The predicted octanol–water partition coefficient (Wildman–Crippen LogP) is 3.06. The van der Waals surface area contributed by atoms with Gasteiger partial charge in [0, 0.05) is 18.3 Å². The molecule has 0 bridgehead atoms. The number of hydrogen-bond donors (Lipinski definition) is 2. The summed E-state index contributed by atoms with van der Waals surface area (Å²) in [7, 11) is 0. The van der Waals surface area contributed by atoms with E-state index in [1.807, 2.05) is 36.4 Å². The van der Waals surface area contributed by atoms with Gasteiger partial charge in [-0.15, -0.1) is 11.6 Å². The lowest BCUT2D eigenvalue weighted by Crippen LogP contribution is -2.20. The highest BCUT2D eigenvalue weighted by Gasteiger charge is 2.00. The summed E-state index contributed by atoms with van der Waals surface area (Å²) in [6, 6.07) is 10.0. The Hall–Kier alpha value is -2.07. The third-order valence-corrected chi connectivity index (χ3v) is 2.65. The summed E-state index contributed by atoms with van der Waals surface area (Å²) in [5, 5.41) is 0. The number of halogens is 1. The first kappa shape index (κ1) is 13.4. The van der Waals surface area contributed by atoms with Crippen molar-refractivity contribution < 1.29 is 0 Å². The van der Waals surface area contributed by atoms with E-state index in [4.69, 9.17) is 11.6 Å². The number of rotatable bonds is 6. The summed E-state index contributed by atoms with van der Waals surface area (Å²) < 4.78 is 0. The Labute approximate surface area is 117 Å². The Bertz CT molecular complexity index is 513. The maximum absolute atomic E-state index is 5.74. The lowest BCUT2D eigenvalue weighted by Gasteiger charge is -2.12. The number of allylic oxidation sites excluding steroid dienone is 1. The molecule has 19 heavy (non-hydrogen) atoms. The molecule has 1 aromatic heterocycles. The maximum Gasteiger partial charge on any atom is 0.163 e. The van der Waals surface area contributed by atoms with Crippen molar-refractivity contribution in [2.45, 2.75) is 6.42 Å². The zero-order valence-electron chi connectivity index (χ0n) is 10.4. The normalized spacial score (nSPS) is 11.1. The van der Waals surface area contributed by atoms with Crippen LogP contribution >= 0.6 is 11.6 Å². The molecular weight excluding hydrogens is 260 g/mol. The van der Waals surface area contributed by atoms with Gasteiger partial charge >= 0.3 is 0 Å². The minimum atomic E-state index is 0.586. The van der Waals surface area contributed by atoms with Crippen LogP contribution in [0.25, 0.3) is 5.70 Å². The molecule has 0 atom stereocenters. The van der Waals surface area contributed by atoms with Crippen molar-refractivity contribution in [3.05, 3.63) is 60.6 Å². The smallest absolute Gasteiger partial charge is 0.163 e. The van der Waals surface area contributed by atoms with Gasteiger partial charge < -0.3 is 0 Å². The first-order chi connectivity index (χ1) is 9.40. The largest absolute Gasteiger partial charge is 0.299 e. The van der Waals surface area contributed by atoms with E-state index in [9.17, 15) is 0 Å². The van der Waals surface area contributed by atoms with Gasteiger partial charge in [0.15, 0.2) is 5.82 Å². The van der Waals surface area contributed by atoms with Crippen molar-refractivity contribution in [1.82, 2.24) is 15.4 Å². The van der Waals surface area contributed by atoms with Crippen LogP contribution in [0, 0.1) is 0 Å². The van der Waals surface area contributed by atoms with Crippen LogP contribution in [0.2, 0.25) is 0 Å². The van der Waals surface area contributed by atoms with Gasteiger partial charge in [0.05, 0.1) is 11.9 Å². The van der Waals surface area contributed by atoms with E-state index in [0.29, 0.717) is 11.7 Å². The standard InChI is InChI=1S/C14H15ClN4/c15-8-4-7-13(12-5-2-1-3-6-12)18-19-14-11-16-9-10-17-14/h1-3,5-7,9-11,18H,4,8H2,(H,17,19)/b13-7+. The summed E-state index contributed by atoms with van der Waals surface area (Å²) in [5.41, 5.74) is 8.21. The molecule has 98 valence electrons. The van der Waals surface area contributed by atoms with Gasteiger partial charge in [0.25, 0.3) is 0 Å². The molecule has 0 amide bonds. The molecule has 5 heteroatoms. The van der Waals surface area contributed by atoms with Crippen molar-refractivity contribution in [1.29, 1.82) is 0 Å². The molecule has 2 aromatic rings. The molecule has 0 spiro atoms. The summed E-state index contributed by atoms with van der Waals surface area (Å²) in [6.45, 7) is 0. The molecule has 0 saturated heterocycles. The second-order valence-corrected chi connectivity index (χ2v) is 4.18. The van der Waals surface area contributed by atoms with Crippen molar-refractivity contribution in [2.75, 3.05) is 11.3 Å². The molecule has 2 rings (SSSR count). The van der Waals surface area contributed by atoms with E-state index >= 15 is 0 Å². The molecule has 1 aromatic carbocycles. The van der Waals surface area contributed by atoms with Crippen molar-refractivity contribution in [2.24, 2.45) is 0 Å². The maximum atomic E-state index is 5.74. The summed E-state index contributed by atoms with van der Waals surface area (Å²) in [5.74, 6) is 1.25. The molecule has 0 aliphatic carbocycles. The van der Waals surface area contributed by atoms with Gasteiger partial charge in [-0.3, -0.25) is 15.8 Å². The molecule has 0 unspecified atom stereocenters. The van der Waals surface area contributed by atoms with Crippen molar-refractivity contribution >= 4 is 23.1 Å². The van der Waals surface area contributed by atoms with E-state index in [1.54, 1.807) is 18.6 Å². The number of hydrogen-bond acceptors (Lipinski definition) is 4. The first-order valence-electron chi connectivity index (χ1n) is 6.00. The van der Waals surface area contributed by atoms with E-state index in [1.165, 1.54) is 0 Å². The molecule has 1 heterocycles. The molecule has 0 aliphatic heterocycles. The zero-order chi connectivity index (χ0) is 13.3. The highest BCUT2D eigenvalue weighted by atomic mass is 35.5. The monoisotopic (exact) mass is 274 g/mol. The Morgan fingerprint density at radius 1 is 1.21 bits per heavy atom. The number of anilines is 1. The van der Waals surface area contributed by atoms with Crippen LogP contribution in [-0.2, 0) is 0 Å². The molecular formula is C14H15ClN4. The second-order valence-electron chi connectivity index (χ2n) is 3.80. The van der Waals surface area contributed by atoms with Gasteiger partial charge in [-0.25, -0.2) is 4.98 Å². The van der Waals surface area contributed by atoms with E-state index < -0.39 is 0 Å². The van der Waals surface area contributed by atoms with Crippen LogP contribution in [0.1, 0.15) is 12.0 Å². The van der Waals surface area contributed by atoms with Gasteiger partial charge in [0.2, 0.25) is 0 Å². The third-order valence-electron chi connectivity index (χ3n) is 2.43. The van der Waals surface area contributed by atoms with Crippen LogP contribution in [0.15, 0.2) is 55.0 Å². The fourth-order valence-corrected chi connectivity index (χ4v) is 1.66. The number of nitrogens with one attached hydrogen (secondary N) is 2. The number of hydrazine groups is 1. The van der Waals surface area contributed by atoms with E-state index in [0.717, 1.165) is 17.7 Å². The first-order valence-corrected chi connectivity index (χ1v) is 6.53. The van der Waals surface area contributed by atoms with E-state index in [-0.39, 0.29) is 0 Å². The zero-order valence-corrected chi connectivity index (χ0v) is 11.1. The highest BCUT2D eigenvalue weighted by Crippen LogP contribution is 2.12. The number of nitrogens with zero attached hydrogens (tertiary/aromatic N) is 2. The summed E-state index contributed by atoms with van der Waals surface area (Å²) >= 11 is 5.74. The van der Waals surface area contributed by atoms with Crippen LogP contribution < -0.4 is 10.9 Å². The van der Waals surface area contributed by atoms with Crippen molar-refractivity contribution in [3.8, 4) is 0 Å². The molecule has 4 nitrogen and oxygen atoms in total. The molecule has 0 saturated carbocycles. The quantitative estimate of drug-likeness (QED) is 0.628. The molecule has 0 radical (unpaired) electrons. The Kier molecular flexibility index (Phi) is 5.19. The Morgan fingerprint density at radius 2 is 2.05 bits per heavy atom. The van der Waals surface area contributed by atoms with Gasteiger partial charge in [-0.05, 0) is 12.0 Å². The average molecular weight is 275 g/mol. The third kappa shape index (κ3) is 4.26. The van der Waals surface area contributed by atoms with Gasteiger partial charge in [-0.2, -0.15) is 0 Å². The number of benzene rings is 1. The number of aromatic nitrogens is 2. The topological polar surface area (TPSA) is 49.8 Å². The summed E-state index contributed by atoms with van der Waals surface area (Å²) in [4.78, 5) is 8.13. The minimum absolute atomic E-state index is 0.586. The molecule has 0 aliphatic rings. The van der Waals surface area contributed by atoms with Crippen LogP contribution in [-0.4, -0.2) is 15.8 Å². The van der Waals surface area contributed by atoms with Crippen LogP contribution in [0.4, 0.5) is 5.82 Å². The van der Waals surface area contributed by atoms with Gasteiger partial charge in [0.1, 0.15) is 0 Å². The van der Waals surface area contributed by atoms with Gasteiger partial charge in [-0.1, -0.05) is 36.4 Å². The fourth-order valence-electron chi connectivity index (χ4n) is 1.55. The lowest BCUT2D eigenvalue weighted by atomic mass is 10.1. The van der Waals surface area contributed by atoms with Crippen LogP contribution in [0.3, 0.4) is 0 Å². The fraction of sp³-hybridized carbons (Fsp3) is 0.143. The predicted molar refractivity (Wildman–Crippen MR) is 78.5 cm³/mol. The number of alkyl halides is 1. The SMILES string of the molecule is ClCC/C=C(/NNc1cnccn1)c1ccccc1.